The van der Waals surface area contributed by atoms with E-state index in [1.54, 1.807) is 0 Å². The maximum Gasteiger partial charge on any atom is 0.355 e. The van der Waals surface area contributed by atoms with Gasteiger partial charge >= 0.3 is 12.0 Å². The lowest BCUT2D eigenvalue weighted by Crippen LogP contribution is -2.38. The lowest BCUT2D eigenvalue weighted by molar-refractivity contribution is 0.0691. The first-order valence-electron chi connectivity index (χ1n) is 6.58. The molecule has 1 heterocycles. The van der Waals surface area contributed by atoms with Crippen LogP contribution in [0.1, 0.15) is 35.8 Å². The van der Waals surface area contributed by atoms with E-state index in [2.05, 4.69) is 29.5 Å². The van der Waals surface area contributed by atoms with Crippen LogP contribution in [0.15, 0.2) is 5.38 Å². The molecule has 1 aliphatic carbocycles. The molecule has 0 aliphatic heterocycles. The average molecular weight is 297 g/mol. The molecule has 0 radical (unpaired) electrons. The summed E-state index contributed by atoms with van der Waals surface area (Å²) in [5, 5.41) is 16.6. The van der Waals surface area contributed by atoms with Gasteiger partial charge in [0.1, 0.15) is 0 Å². The van der Waals surface area contributed by atoms with Crippen molar-refractivity contribution in [1.82, 2.24) is 15.6 Å². The molecule has 0 bridgehead atoms. The first kappa shape index (κ1) is 14.8. The van der Waals surface area contributed by atoms with Crippen molar-refractivity contribution in [1.29, 1.82) is 0 Å². The predicted molar refractivity (Wildman–Crippen MR) is 76.1 cm³/mol. The van der Waals surface area contributed by atoms with E-state index in [-0.39, 0.29) is 11.7 Å². The van der Waals surface area contributed by atoms with Crippen LogP contribution >= 0.6 is 11.3 Å². The van der Waals surface area contributed by atoms with Crippen LogP contribution in [0.25, 0.3) is 0 Å². The number of nitrogens with zero attached hydrogens (tertiary/aromatic N) is 1. The van der Waals surface area contributed by atoms with Gasteiger partial charge in [0, 0.05) is 24.9 Å². The Kier molecular flexibility index (Phi) is 4.27. The van der Waals surface area contributed by atoms with Crippen LogP contribution in [0, 0.1) is 11.3 Å². The first-order chi connectivity index (χ1) is 9.38. The van der Waals surface area contributed by atoms with E-state index in [4.69, 9.17) is 5.11 Å². The van der Waals surface area contributed by atoms with Gasteiger partial charge in [-0.25, -0.2) is 14.6 Å². The Bertz CT molecular complexity index is 513. The van der Waals surface area contributed by atoms with E-state index < -0.39 is 5.97 Å². The highest BCUT2D eigenvalue weighted by atomic mass is 32.1. The van der Waals surface area contributed by atoms with Crippen LogP contribution in [-0.2, 0) is 6.42 Å². The van der Waals surface area contributed by atoms with Crippen molar-refractivity contribution in [2.24, 2.45) is 11.3 Å². The van der Waals surface area contributed by atoms with Gasteiger partial charge < -0.3 is 15.7 Å². The van der Waals surface area contributed by atoms with Gasteiger partial charge in [0.25, 0.3) is 0 Å². The summed E-state index contributed by atoms with van der Waals surface area (Å²) < 4.78 is 0. The number of amides is 2. The molecule has 1 aliphatic rings. The summed E-state index contributed by atoms with van der Waals surface area (Å²) in [4.78, 5) is 26.2. The van der Waals surface area contributed by atoms with Crippen LogP contribution in [-0.4, -0.2) is 35.2 Å². The van der Waals surface area contributed by atoms with Gasteiger partial charge in [-0.15, -0.1) is 11.3 Å². The van der Waals surface area contributed by atoms with E-state index in [1.807, 2.05) is 0 Å². The third-order valence-corrected chi connectivity index (χ3v) is 4.53. The normalized spacial score (nSPS) is 19.4. The van der Waals surface area contributed by atoms with Gasteiger partial charge in [-0.2, -0.15) is 0 Å². The summed E-state index contributed by atoms with van der Waals surface area (Å²) in [5.41, 5.74) is 0.423. The van der Waals surface area contributed by atoms with Gasteiger partial charge in [-0.3, -0.25) is 0 Å². The number of aromatic carboxylic acids is 1. The van der Waals surface area contributed by atoms with Crippen molar-refractivity contribution in [2.45, 2.75) is 26.7 Å². The number of aromatic nitrogens is 1. The SMILES string of the molecule is CC1(C)CC1CNC(=O)NCCc1nc(C(=O)O)cs1. The Morgan fingerprint density at radius 3 is 2.75 bits per heavy atom. The molecule has 1 aromatic rings. The van der Waals surface area contributed by atoms with Crippen molar-refractivity contribution in [3.63, 3.8) is 0 Å². The van der Waals surface area contributed by atoms with E-state index >= 15 is 0 Å². The summed E-state index contributed by atoms with van der Waals surface area (Å²) in [7, 11) is 0. The van der Waals surface area contributed by atoms with Crippen LogP contribution in [0.4, 0.5) is 4.79 Å². The van der Waals surface area contributed by atoms with Gasteiger partial charge in [-0.1, -0.05) is 13.8 Å². The number of carboxylic acid groups (broad SMARTS) is 1. The summed E-state index contributed by atoms with van der Waals surface area (Å²) in [5.74, 6) is -0.449. The minimum absolute atomic E-state index is 0.0606. The third kappa shape index (κ3) is 3.93. The molecule has 6 nitrogen and oxygen atoms in total. The zero-order valence-corrected chi connectivity index (χ0v) is 12.4. The summed E-state index contributed by atoms with van der Waals surface area (Å²) in [6.45, 7) is 5.55. The Balaban J connectivity index is 1.62. The maximum absolute atomic E-state index is 11.6. The van der Waals surface area contributed by atoms with Gasteiger partial charge in [-0.05, 0) is 17.8 Å². The molecule has 1 unspecified atom stereocenters. The fourth-order valence-corrected chi connectivity index (χ4v) is 2.78. The number of urea groups is 1. The second kappa shape index (κ2) is 5.78. The summed E-state index contributed by atoms with van der Waals surface area (Å²) in [6.07, 6.45) is 1.70. The van der Waals surface area contributed by atoms with Crippen molar-refractivity contribution in [3.8, 4) is 0 Å². The Hall–Kier alpha value is -1.63. The fraction of sp³-hybridized carbons (Fsp3) is 0.615. The molecule has 3 N–H and O–H groups in total. The van der Waals surface area contributed by atoms with Crippen molar-refractivity contribution in [3.05, 3.63) is 16.1 Å². The quantitative estimate of drug-likeness (QED) is 0.745. The summed E-state index contributed by atoms with van der Waals surface area (Å²) >= 11 is 1.29. The highest BCUT2D eigenvalue weighted by Crippen LogP contribution is 2.50. The molecule has 0 aromatic carbocycles. The van der Waals surface area contributed by atoms with Gasteiger partial charge in [0.15, 0.2) is 5.69 Å². The molecule has 1 atom stereocenters. The molecular weight excluding hydrogens is 278 g/mol. The van der Waals surface area contributed by atoms with Gasteiger partial charge in [0.2, 0.25) is 0 Å². The molecule has 110 valence electrons. The minimum atomic E-state index is -1.02. The van der Waals surface area contributed by atoms with Crippen LogP contribution in [0.3, 0.4) is 0 Å². The molecule has 0 spiro atoms. The lowest BCUT2D eigenvalue weighted by atomic mass is 10.1. The molecule has 2 rings (SSSR count). The number of carboxylic acids is 1. The topological polar surface area (TPSA) is 91.3 Å². The maximum atomic E-state index is 11.6. The Morgan fingerprint density at radius 2 is 2.20 bits per heavy atom. The van der Waals surface area contributed by atoms with Crippen LogP contribution < -0.4 is 10.6 Å². The minimum Gasteiger partial charge on any atom is -0.476 e. The first-order valence-corrected chi connectivity index (χ1v) is 7.46. The van der Waals surface area contributed by atoms with E-state index in [0.717, 1.165) is 6.42 Å². The molecule has 20 heavy (non-hydrogen) atoms. The molecular formula is C13H19N3O3S. The zero-order chi connectivity index (χ0) is 14.8. The van der Waals surface area contributed by atoms with Crippen molar-refractivity contribution in [2.75, 3.05) is 13.1 Å². The smallest absolute Gasteiger partial charge is 0.355 e. The predicted octanol–water partition coefficient (Wildman–Crippen LogP) is 1.73. The second-order valence-electron chi connectivity index (χ2n) is 5.71. The highest BCUT2D eigenvalue weighted by Gasteiger charge is 2.45. The van der Waals surface area contributed by atoms with E-state index in [1.165, 1.54) is 16.7 Å². The van der Waals surface area contributed by atoms with Gasteiger partial charge in [0.05, 0.1) is 5.01 Å². The molecule has 7 heteroatoms. The third-order valence-electron chi connectivity index (χ3n) is 3.62. The monoisotopic (exact) mass is 297 g/mol. The van der Waals surface area contributed by atoms with E-state index in [9.17, 15) is 9.59 Å². The number of carbonyl (C=O) groups excluding carboxylic acids is 1. The van der Waals surface area contributed by atoms with Crippen molar-refractivity contribution >= 4 is 23.3 Å². The number of nitrogens with one attached hydrogen (secondary N) is 2. The molecule has 2 amide bonds. The van der Waals surface area contributed by atoms with Crippen LogP contribution in [0.2, 0.25) is 0 Å². The fourth-order valence-electron chi connectivity index (χ4n) is 2.01. The molecule has 1 aromatic heterocycles. The number of thiazole rings is 1. The largest absolute Gasteiger partial charge is 0.476 e. The second-order valence-corrected chi connectivity index (χ2v) is 6.65. The Labute approximate surface area is 121 Å². The van der Waals surface area contributed by atoms with E-state index in [0.29, 0.717) is 35.9 Å². The number of hydrogen-bond donors (Lipinski definition) is 3. The lowest BCUT2D eigenvalue weighted by Gasteiger charge is -2.07. The number of hydrogen-bond acceptors (Lipinski definition) is 4. The standard InChI is InChI=1S/C13H19N3O3S/c1-13(2)5-8(13)6-15-12(19)14-4-3-10-16-9(7-20-10)11(17)18/h7-8H,3-6H2,1-2H3,(H,17,18)(H2,14,15,19). The van der Waals surface area contributed by atoms with Crippen molar-refractivity contribution < 1.29 is 14.7 Å². The molecule has 1 fully saturated rings. The Morgan fingerprint density at radius 1 is 1.50 bits per heavy atom. The zero-order valence-electron chi connectivity index (χ0n) is 11.6. The molecule has 1 saturated carbocycles. The average Bonchev–Trinajstić information content (AvgIpc) is 2.76. The van der Waals surface area contributed by atoms with Crippen LogP contribution in [0.5, 0.6) is 0 Å². The number of carbonyl (C=O) groups is 2. The molecule has 0 saturated heterocycles. The summed E-state index contributed by atoms with van der Waals surface area (Å²) in [6, 6.07) is -0.178. The highest BCUT2D eigenvalue weighted by molar-refractivity contribution is 7.09. The number of rotatable bonds is 6.